The van der Waals surface area contributed by atoms with Gasteiger partial charge in [-0.25, -0.2) is 9.48 Å². The van der Waals surface area contributed by atoms with Gasteiger partial charge in [-0.3, -0.25) is 9.78 Å². The highest BCUT2D eigenvalue weighted by atomic mass is 16.2. The van der Waals surface area contributed by atoms with Gasteiger partial charge >= 0.3 is 5.69 Å². The number of aromatic amines is 1. The molecule has 0 aliphatic carbocycles. The Morgan fingerprint density at radius 2 is 1.18 bits per heavy atom. The Morgan fingerprint density at radius 3 is 1.50 bits per heavy atom. The Morgan fingerprint density at radius 1 is 0.786 bits per heavy atom. The molecule has 3 aromatic rings. The third kappa shape index (κ3) is 7.74. The van der Waals surface area contributed by atoms with Crippen LogP contribution in [0.25, 0.3) is 0 Å². The van der Waals surface area contributed by atoms with Gasteiger partial charge in [0.05, 0.1) is 0 Å². The Hall–Kier alpha value is -2.95. The van der Waals surface area contributed by atoms with Crippen molar-refractivity contribution in [1.82, 2.24) is 14.8 Å². The molecule has 1 heterocycles. The van der Waals surface area contributed by atoms with Crippen LogP contribution in [-0.2, 0) is 12.5 Å². The van der Waals surface area contributed by atoms with Crippen LogP contribution < -0.4 is 11.2 Å². The lowest BCUT2D eigenvalue weighted by atomic mass is 9.78. The van der Waals surface area contributed by atoms with Crippen LogP contribution in [0.4, 0.5) is 0 Å². The van der Waals surface area contributed by atoms with E-state index in [9.17, 15) is 9.59 Å². The maximum Gasteiger partial charge on any atom is 0.344 e. The minimum atomic E-state index is -0.498. The number of benzene rings is 2. The Kier molecular flexibility index (Phi) is 11.9. The maximum atomic E-state index is 10.5. The molecule has 0 spiro atoms. The first-order valence-corrected chi connectivity index (χ1v) is 9.65. The third-order valence-electron chi connectivity index (χ3n) is 3.86. The van der Waals surface area contributed by atoms with Gasteiger partial charge < -0.3 is 0 Å². The smallest absolute Gasteiger partial charge is 0.271 e. The monoisotopic (exact) mass is 383 g/mol. The van der Waals surface area contributed by atoms with Crippen LogP contribution >= 0.6 is 0 Å². The number of aromatic nitrogens is 3. The number of nitrogens with one attached hydrogen (secondary N) is 1. The fourth-order valence-electron chi connectivity index (χ4n) is 2.29. The van der Waals surface area contributed by atoms with Crippen molar-refractivity contribution in [2.45, 2.75) is 47.0 Å². The summed E-state index contributed by atoms with van der Waals surface area (Å²) in [6.45, 7) is 12.5. The van der Waals surface area contributed by atoms with Crippen molar-refractivity contribution in [3.8, 4) is 0 Å². The maximum absolute atomic E-state index is 10.5. The van der Waals surface area contributed by atoms with E-state index < -0.39 is 11.2 Å². The van der Waals surface area contributed by atoms with E-state index in [0.717, 1.165) is 10.9 Å². The van der Waals surface area contributed by atoms with Gasteiger partial charge in [0.25, 0.3) is 5.56 Å². The van der Waals surface area contributed by atoms with E-state index >= 15 is 0 Å². The van der Waals surface area contributed by atoms with Gasteiger partial charge in [0.2, 0.25) is 0 Å². The molecule has 0 bridgehead atoms. The van der Waals surface area contributed by atoms with Crippen LogP contribution in [0, 0.1) is 0 Å². The standard InChI is InChI=1S/C15H16.C4H5N3O2.2C2H6/c1-15(2,13-9-5-3-6-10-13)14-11-7-4-8-12-14;1-7-4(9)6-3(8)2-5-7;2*1-2/h3-12H,1-2H3;2H,1H3,(H,6,8,9);2*1-2H3. The molecular weight excluding hydrogens is 350 g/mol. The molecular formula is C23H33N3O2. The Labute approximate surface area is 168 Å². The molecule has 1 aromatic heterocycles. The van der Waals surface area contributed by atoms with Gasteiger partial charge in [0.15, 0.2) is 0 Å². The molecule has 0 saturated carbocycles. The molecule has 152 valence electrons. The lowest BCUT2D eigenvalue weighted by Gasteiger charge is -2.25. The van der Waals surface area contributed by atoms with Gasteiger partial charge in [-0.15, -0.1) is 0 Å². The number of nitrogens with zero attached hydrogens (tertiary/aromatic N) is 2. The lowest BCUT2D eigenvalue weighted by Crippen LogP contribution is -2.29. The predicted octanol–water partition coefficient (Wildman–Crippen LogP) is 4.53. The second-order valence-corrected chi connectivity index (χ2v) is 5.92. The zero-order valence-electron chi connectivity index (χ0n) is 18.1. The number of hydrogen-bond acceptors (Lipinski definition) is 3. The normalized spacial score (nSPS) is 9.54. The van der Waals surface area contributed by atoms with E-state index in [0.29, 0.717) is 0 Å². The molecule has 0 atom stereocenters. The molecule has 0 aliphatic rings. The Balaban J connectivity index is 0.000000481. The summed E-state index contributed by atoms with van der Waals surface area (Å²) in [7, 11) is 1.46. The number of hydrogen-bond donors (Lipinski definition) is 1. The second-order valence-electron chi connectivity index (χ2n) is 5.92. The average molecular weight is 384 g/mol. The highest BCUT2D eigenvalue weighted by Crippen LogP contribution is 2.30. The van der Waals surface area contributed by atoms with Crippen molar-refractivity contribution in [3.05, 3.63) is 98.8 Å². The summed E-state index contributed by atoms with van der Waals surface area (Å²) >= 11 is 0. The van der Waals surface area contributed by atoms with Crippen LogP contribution in [0.3, 0.4) is 0 Å². The van der Waals surface area contributed by atoms with Crippen LogP contribution in [0.15, 0.2) is 76.4 Å². The minimum Gasteiger partial charge on any atom is -0.271 e. The van der Waals surface area contributed by atoms with Crippen LogP contribution in [0.1, 0.15) is 52.7 Å². The van der Waals surface area contributed by atoms with Crippen molar-refractivity contribution in [3.63, 3.8) is 0 Å². The molecule has 5 nitrogen and oxygen atoms in total. The molecule has 0 unspecified atom stereocenters. The topological polar surface area (TPSA) is 67.8 Å². The Bertz CT molecular complexity index is 841. The van der Waals surface area contributed by atoms with Gasteiger partial charge in [-0.1, -0.05) is 102 Å². The highest BCUT2D eigenvalue weighted by Gasteiger charge is 2.21. The van der Waals surface area contributed by atoms with Crippen LogP contribution in [-0.4, -0.2) is 14.8 Å². The molecule has 0 fully saturated rings. The summed E-state index contributed by atoms with van der Waals surface area (Å²) < 4.78 is 1.04. The van der Waals surface area contributed by atoms with E-state index in [2.05, 4.69) is 79.6 Å². The molecule has 0 saturated heterocycles. The van der Waals surface area contributed by atoms with Crippen molar-refractivity contribution >= 4 is 0 Å². The first-order valence-electron chi connectivity index (χ1n) is 9.65. The molecule has 28 heavy (non-hydrogen) atoms. The molecule has 1 N–H and O–H groups in total. The summed E-state index contributed by atoms with van der Waals surface area (Å²) in [4.78, 5) is 22.8. The van der Waals surface area contributed by atoms with Crippen molar-refractivity contribution < 1.29 is 0 Å². The predicted molar refractivity (Wildman–Crippen MR) is 118 cm³/mol. The number of H-pyrrole nitrogens is 1. The first-order chi connectivity index (χ1) is 13.4. The summed E-state index contributed by atoms with van der Waals surface area (Å²) in [5.74, 6) is 0. The van der Waals surface area contributed by atoms with E-state index in [-0.39, 0.29) is 5.41 Å². The fourth-order valence-corrected chi connectivity index (χ4v) is 2.29. The van der Waals surface area contributed by atoms with Crippen molar-refractivity contribution in [2.24, 2.45) is 7.05 Å². The SMILES string of the molecule is CC.CC.CC(C)(c1ccccc1)c1ccccc1.Cn1ncc(=O)[nH]c1=O. The van der Waals surface area contributed by atoms with Gasteiger partial charge in [0.1, 0.15) is 6.20 Å². The first kappa shape index (κ1) is 25.1. The van der Waals surface area contributed by atoms with Crippen LogP contribution in [0.2, 0.25) is 0 Å². The fraction of sp³-hybridized carbons (Fsp3) is 0.348. The lowest BCUT2D eigenvalue weighted by molar-refractivity contribution is 0.641. The van der Waals surface area contributed by atoms with E-state index in [1.807, 2.05) is 32.7 Å². The summed E-state index contributed by atoms with van der Waals surface area (Å²) in [6.07, 6.45) is 1.04. The molecule has 3 rings (SSSR count). The molecule has 0 amide bonds. The van der Waals surface area contributed by atoms with Crippen LogP contribution in [0.5, 0.6) is 0 Å². The van der Waals surface area contributed by atoms with E-state index in [4.69, 9.17) is 0 Å². The largest absolute Gasteiger partial charge is 0.344 e. The average Bonchev–Trinajstić information content (AvgIpc) is 2.76. The molecule has 0 aliphatic heterocycles. The second kappa shape index (κ2) is 13.3. The summed E-state index contributed by atoms with van der Waals surface area (Å²) in [6, 6.07) is 21.3. The molecule has 2 aromatic carbocycles. The van der Waals surface area contributed by atoms with Gasteiger partial charge in [0, 0.05) is 12.5 Å². The quantitative estimate of drug-likeness (QED) is 0.707. The van der Waals surface area contributed by atoms with Crippen molar-refractivity contribution in [2.75, 3.05) is 0 Å². The van der Waals surface area contributed by atoms with E-state index in [1.54, 1.807) is 0 Å². The zero-order chi connectivity index (χ0) is 21.6. The highest BCUT2D eigenvalue weighted by molar-refractivity contribution is 5.36. The summed E-state index contributed by atoms with van der Waals surface area (Å²) in [5.41, 5.74) is 1.83. The number of aryl methyl sites for hydroxylation is 1. The molecule has 0 radical (unpaired) electrons. The minimum absolute atomic E-state index is 0.0858. The van der Waals surface area contributed by atoms with Crippen molar-refractivity contribution in [1.29, 1.82) is 0 Å². The number of rotatable bonds is 2. The van der Waals surface area contributed by atoms with Gasteiger partial charge in [-0.2, -0.15) is 5.10 Å². The van der Waals surface area contributed by atoms with E-state index in [1.165, 1.54) is 18.2 Å². The third-order valence-corrected chi connectivity index (χ3v) is 3.86. The molecule has 5 heteroatoms. The van der Waals surface area contributed by atoms with Gasteiger partial charge in [-0.05, 0) is 11.1 Å². The zero-order valence-corrected chi connectivity index (χ0v) is 18.1. The summed E-state index contributed by atoms with van der Waals surface area (Å²) in [5, 5.41) is 3.44.